The third-order valence-corrected chi connectivity index (χ3v) is 3.69. The predicted octanol–water partition coefficient (Wildman–Crippen LogP) is 3.33. The Morgan fingerprint density at radius 1 is 1.04 bits per heavy atom. The fraction of sp³-hybridized carbons (Fsp3) is 0.211. The molecule has 0 bridgehead atoms. The number of hydrogen-bond acceptors (Lipinski definition) is 6. The molecule has 0 aliphatic carbocycles. The first-order chi connectivity index (χ1) is 12.7. The number of hydrogen-bond donors (Lipinski definition) is 1. The summed E-state index contributed by atoms with van der Waals surface area (Å²) < 4.78 is 16.0. The first-order valence-corrected chi connectivity index (χ1v) is 8.08. The molecule has 134 valence electrons. The van der Waals surface area contributed by atoms with Crippen LogP contribution in [0.4, 0.5) is 5.69 Å². The molecule has 2 aromatic carbocycles. The topological polar surface area (TPSA) is 86.5 Å². The standard InChI is InChI=1S/C19H19N3O4/c1-24-15-10-14(11-16(12-15)25-2)20-17(23)8-9-18-21-22-19(26-18)13-6-4-3-5-7-13/h3-7,10-12H,8-9H2,1-2H3,(H,20,23). The van der Waals surface area contributed by atoms with Crippen LogP contribution in [-0.2, 0) is 11.2 Å². The van der Waals surface area contributed by atoms with Crippen molar-refractivity contribution < 1.29 is 18.7 Å². The van der Waals surface area contributed by atoms with Gasteiger partial charge in [0.1, 0.15) is 11.5 Å². The van der Waals surface area contributed by atoms with Crippen molar-refractivity contribution in [2.75, 3.05) is 19.5 Å². The molecule has 0 radical (unpaired) electrons. The zero-order valence-corrected chi connectivity index (χ0v) is 14.6. The van der Waals surface area contributed by atoms with Crippen LogP contribution in [-0.4, -0.2) is 30.3 Å². The second-order valence-electron chi connectivity index (χ2n) is 5.52. The van der Waals surface area contributed by atoms with E-state index < -0.39 is 0 Å². The van der Waals surface area contributed by atoms with Gasteiger partial charge in [0, 0.05) is 42.3 Å². The van der Waals surface area contributed by atoms with Crippen LogP contribution in [0.3, 0.4) is 0 Å². The van der Waals surface area contributed by atoms with Gasteiger partial charge in [-0.2, -0.15) is 0 Å². The van der Waals surface area contributed by atoms with Crippen molar-refractivity contribution in [3.63, 3.8) is 0 Å². The van der Waals surface area contributed by atoms with E-state index in [-0.39, 0.29) is 12.3 Å². The fourth-order valence-electron chi connectivity index (χ4n) is 2.38. The summed E-state index contributed by atoms with van der Waals surface area (Å²) in [5.74, 6) is 1.90. The monoisotopic (exact) mass is 353 g/mol. The van der Waals surface area contributed by atoms with Gasteiger partial charge in [0.2, 0.25) is 17.7 Å². The van der Waals surface area contributed by atoms with Crippen molar-refractivity contribution in [2.45, 2.75) is 12.8 Å². The second kappa shape index (κ2) is 8.15. The van der Waals surface area contributed by atoms with Gasteiger partial charge >= 0.3 is 0 Å². The Morgan fingerprint density at radius 3 is 2.38 bits per heavy atom. The van der Waals surface area contributed by atoms with E-state index in [1.54, 1.807) is 32.4 Å². The maximum atomic E-state index is 12.2. The summed E-state index contributed by atoms with van der Waals surface area (Å²) in [6.45, 7) is 0. The molecule has 0 aliphatic rings. The lowest BCUT2D eigenvalue weighted by molar-refractivity contribution is -0.116. The van der Waals surface area contributed by atoms with Gasteiger partial charge in [0.15, 0.2) is 0 Å². The van der Waals surface area contributed by atoms with Crippen LogP contribution >= 0.6 is 0 Å². The Labute approximate surface area is 151 Å². The number of aryl methyl sites for hydroxylation is 1. The number of carbonyl (C=O) groups excluding carboxylic acids is 1. The molecule has 0 atom stereocenters. The first kappa shape index (κ1) is 17.5. The molecular weight excluding hydrogens is 334 g/mol. The number of benzene rings is 2. The van der Waals surface area contributed by atoms with E-state index in [0.29, 0.717) is 35.4 Å². The maximum absolute atomic E-state index is 12.2. The van der Waals surface area contributed by atoms with Gasteiger partial charge in [-0.3, -0.25) is 4.79 Å². The predicted molar refractivity (Wildman–Crippen MR) is 96.2 cm³/mol. The van der Waals surface area contributed by atoms with Crippen molar-refractivity contribution >= 4 is 11.6 Å². The Bertz CT molecular complexity index is 855. The number of anilines is 1. The summed E-state index contributed by atoms with van der Waals surface area (Å²) in [6, 6.07) is 14.7. The molecule has 1 amide bonds. The van der Waals surface area contributed by atoms with E-state index in [4.69, 9.17) is 13.9 Å². The largest absolute Gasteiger partial charge is 0.497 e. The molecule has 3 aromatic rings. The van der Waals surface area contributed by atoms with Crippen molar-refractivity contribution in [2.24, 2.45) is 0 Å². The maximum Gasteiger partial charge on any atom is 0.247 e. The minimum Gasteiger partial charge on any atom is -0.497 e. The summed E-state index contributed by atoms with van der Waals surface area (Å²) in [5.41, 5.74) is 1.45. The number of rotatable bonds is 7. The molecule has 1 N–H and O–H groups in total. The molecule has 0 aliphatic heterocycles. The van der Waals surface area contributed by atoms with Crippen LogP contribution in [0.5, 0.6) is 11.5 Å². The lowest BCUT2D eigenvalue weighted by Crippen LogP contribution is -2.12. The van der Waals surface area contributed by atoms with Crippen LogP contribution in [0.1, 0.15) is 12.3 Å². The molecular formula is C19H19N3O4. The van der Waals surface area contributed by atoms with E-state index in [2.05, 4.69) is 15.5 Å². The highest BCUT2D eigenvalue weighted by Gasteiger charge is 2.11. The lowest BCUT2D eigenvalue weighted by atomic mass is 10.2. The van der Waals surface area contributed by atoms with E-state index in [9.17, 15) is 4.79 Å². The zero-order chi connectivity index (χ0) is 18.4. The van der Waals surface area contributed by atoms with Gasteiger partial charge in [-0.1, -0.05) is 18.2 Å². The van der Waals surface area contributed by atoms with Crippen LogP contribution < -0.4 is 14.8 Å². The molecule has 26 heavy (non-hydrogen) atoms. The number of aromatic nitrogens is 2. The Morgan fingerprint density at radius 2 is 1.73 bits per heavy atom. The molecule has 0 fully saturated rings. The number of ether oxygens (including phenoxy) is 2. The number of methoxy groups -OCH3 is 2. The number of carbonyl (C=O) groups is 1. The number of nitrogens with zero attached hydrogens (tertiary/aromatic N) is 2. The Hall–Kier alpha value is -3.35. The van der Waals surface area contributed by atoms with Gasteiger partial charge in [-0.05, 0) is 12.1 Å². The molecule has 7 heteroatoms. The van der Waals surface area contributed by atoms with Gasteiger partial charge in [-0.15, -0.1) is 10.2 Å². The summed E-state index contributed by atoms with van der Waals surface area (Å²) >= 11 is 0. The average Bonchev–Trinajstić information content (AvgIpc) is 3.16. The Balaban J connectivity index is 1.59. The summed E-state index contributed by atoms with van der Waals surface area (Å²) in [4.78, 5) is 12.2. The van der Waals surface area contributed by atoms with Crippen molar-refractivity contribution in [1.29, 1.82) is 0 Å². The SMILES string of the molecule is COc1cc(NC(=O)CCc2nnc(-c3ccccc3)o2)cc(OC)c1. The first-order valence-electron chi connectivity index (χ1n) is 8.08. The Kier molecular flexibility index (Phi) is 5.48. The van der Waals surface area contributed by atoms with E-state index in [1.807, 2.05) is 30.3 Å². The van der Waals surface area contributed by atoms with E-state index >= 15 is 0 Å². The van der Waals surface area contributed by atoms with Gasteiger partial charge in [-0.25, -0.2) is 0 Å². The highest BCUT2D eigenvalue weighted by atomic mass is 16.5. The number of amides is 1. The highest BCUT2D eigenvalue weighted by molar-refractivity contribution is 5.91. The van der Waals surface area contributed by atoms with Crippen LogP contribution in [0, 0.1) is 0 Å². The van der Waals surface area contributed by atoms with Gasteiger partial charge < -0.3 is 19.2 Å². The molecule has 1 heterocycles. The lowest BCUT2D eigenvalue weighted by Gasteiger charge is -2.09. The molecule has 0 saturated carbocycles. The van der Waals surface area contributed by atoms with Crippen molar-refractivity contribution in [1.82, 2.24) is 10.2 Å². The summed E-state index contributed by atoms with van der Waals surface area (Å²) in [5, 5.41) is 10.8. The van der Waals surface area contributed by atoms with Gasteiger partial charge in [0.05, 0.1) is 14.2 Å². The number of nitrogens with one attached hydrogen (secondary N) is 1. The van der Waals surface area contributed by atoms with Gasteiger partial charge in [0.25, 0.3) is 0 Å². The molecule has 0 spiro atoms. The molecule has 7 nitrogen and oxygen atoms in total. The van der Waals surface area contributed by atoms with Crippen molar-refractivity contribution in [3.05, 3.63) is 54.4 Å². The van der Waals surface area contributed by atoms with Crippen molar-refractivity contribution in [3.8, 4) is 23.0 Å². The van der Waals surface area contributed by atoms with Crippen LogP contribution in [0.25, 0.3) is 11.5 Å². The third-order valence-electron chi connectivity index (χ3n) is 3.69. The molecule has 0 unspecified atom stereocenters. The third kappa shape index (κ3) is 4.38. The average molecular weight is 353 g/mol. The van der Waals surface area contributed by atoms with E-state index in [0.717, 1.165) is 5.56 Å². The molecule has 1 aromatic heterocycles. The normalized spacial score (nSPS) is 10.4. The zero-order valence-electron chi connectivity index (χ0n) is 14.6. The summed E-state index contributed by atoms with van der Waals surface area (Å²) in [6.07, 6.45) is 0.572. The minimum absolute atomic E-state index is 0.167. The quantitative estimate of drug-likeness (QED) is 0.701. The smallest absolute Gasteiger partial charge is 0.247 e. The highest BCUT2D eigenvalue weighted by Crippen LogP contribution is 2.26. The van der Waals surface area contributed by atoms with Crippen LogP contribution in [0.2, 0.25) is 0 Å². The molecule has 0 saturated heterocycles. The minimum atomic E-state index is -0.167. The fourth-order valence-corrected chi connectivity index (χ4v) is 2.38. The summed E-state index contributed by atoms with van der Waals surface area (Å²) in [7, 11) is 3.11. The second-order valence-corrected chi connectivity index (χ2v) is 5.52. The molecule has 3 rings (SSSR count). The van der Waals surface area contributed by atoms with Crippen LogP contribution in [0.15, 0.2) is 52.9 Å². The van der Waals surface area contributed by atoms with E-state index in [1.165, 1.54) is 0 Å².